The maximum atomic E-state index is 8.95. The van der Waals surface area contributed by atoms with E-state index in [2.05, 4.69) is 34.0 Å². The molecular weight excluding hydrogens is 228 g/mol. The van der Waals surface area contributed by atoms with E-state index in [9.17, 15) is 0 Å². The van der Waals surface area contributed by atoms with Crippen LogP contribution in [0.15, 0.2) is 0 Å². The van der Waals surface area contributed by atoms with Crippen molar-refractivity contribution in [1.29, 1.82) is 0 Å². The summed E-state index contributed by atoms with van der Waals surface area (Å²) in [4.78, 5) is 11.1. The minimum Gasteiger partial charge on any atom is -0.396 e. The normalized spacial score (nSPS) is 10.5. The standard InChI is InChI=1S/C13H24N4O/c1-5-14-12-10(3)13(16-11(4)15-12)17(6-2)8-7-9-18/h18H,5-9H2,1-4H3,(H,14,15,16). The van der Waals surface area contributed by atoms with Crippen molar-refractivity contribution in [2.75, 3.05) is 36.5 Å². The molecule has 0 amide bonds. The highest BCUT2D eigenvalue weighted by molar-refractivity contribution is 5.58. The fourth-order valence-electron chi connectivity index (χ4n) is 1.94. The molecule has 102 valence electrons. The Kier molecular flexibility index (Phi) is 5.85. The van der Waals surface area contributed by atoms with E-state index in [1.807, 2.05) is 13.8 Å². The van der Waals surface area contributed by atoms with Crippen LogP contribution in [0.4, 0.5) is 11.6 Å². The molecule has 5 nitrogen and oxygen atoms in total. The Labute approximate surface area is 109 Å². The summed E-state index contributed by atoms with van der Waals surface area (Å²) in [6.45, 7) is 10.8. The number of rotatable bonds is 7. The molecule has 0 aliphatic rings. The average Bonchev–Trinajstić information content (AvgIpc) is 2.35. The first-order valence-electron chi connectivity index (χ1n) is 6.58. The molecule has 1 aromatic heterocycles. The highest BCUT2D eigenvalue weighted by Crippen LogP contribution is 2.23. The number of aliphatic hydroxyl groups is 1. The number of hydrogen-bond donors (Lipinski definition) is 2. The summed E-state index contributed by atoms with van der Waals surface area (Å²) in [6.07, 6.45) is 0.757. The zero-order valence-corrected chi connectivity index (χ0v) is 11.8. The quantitative estimate of drug-likeness (QED) is 0.774. The van der Waals surface area contributed by atoms with Crippen LogP contribution in [0, 0.1) is 13.8 Å². The molecule has 0 bridgehead atoms. The van der Waals surface area contributed by atoms with Gasteiger partial charge in [0.25, 0.3) is 0 Å². The SMILES string of the molecule is CCNc1nc(C)nc(N(CC)CCCO)c1C. The van der Waals surface area contributed by atoms with Crippen LogP contribution in [-0.4, -0.2) is 41.3 Å². The van der Waals surface area contributed by atoms with Gasteiger partial charge in [-0.15, -0.1) is 0 Å². The van der Waals surface area contributed by atoms with Crippen molar-refractivity contribution in [2.45, 2.75) is 34.1 Å². The fourth-order valence-corrected chi connectivity index (χ4v) is 1.94. The molecule has 0 saturated heterocycles. The Morgan fingerprint density at radius 3 is 2.50 bits per heavy atom. The molecule has 0 aliphatic heterocycles. The summed E-state index contributed by atoms with van der Waals surface area (Å²) in [5, 5.41) is 12.2. The highest BCUT2D eigenvalue weighted by atomic mass is 16.3. The second-order valence-corrected chi connectivity index (χ2v) is 4.26. The zero-order chi connectivity index (χ0) is 13.5. The van der Waals surface area contributed by atoms with E-state index in [-0.39, 0.29) is 6.61 Å². The maximum absolute atomic E-state index is 8.95. The number of aromatic nitrogens is 2. The van der Waals surface area contributed by atoms with Gasteiger partial charge in [-0.05, 0) is 34.1 Å². The average molecular weight is 252 g/mol. The molecule has 1 aromatic rings. The summed E-state index contributed by atoms with van der Waals surface area (Å²) in [6, 6.07) is 0. The lowest BCUT2D eigenvalue weighted by Gasteiger charge is -2.24. The van der Waals surface area contributed by atoms with Crippen molar-refractivity contribution in [3.05, 3.63) is 11.4 Å². The minimum absolute atomic E-state index is 0.208. The van der Waals surface area contributed by atoms with Crippen molar-refractivity contribution in [1.82, 2.24) is 9.97 Å². The van der Waals surface area contributed by atoms with Crippen molar-refractivity contribution in [3.63, 3.8) is 0 Å². The van der Waals surface area contributed by atoms with Gasteiger partial charge in [0.15, 0.2) is 0 Å². The van der Waals surface area contributed by atoms with Crippen molar-refractivity contribution in [2.24, 2.45) is 0 Å². The van der Waals surface area contributed by atoms with Gasteiger partial charge in [0.05, 0.1) is 0 Å². The molecule has 0 unspecified atom stereocenters. The Hall–Kier alpha value is -1.36. The van der Waals surface area contributed by atoms with E-state index in [0.29, 0.717) is 0 Å². The van der Waals surface area contributed by atoms with Gasteiger partial charge in [-0.25, -0.2) is 9.97 Å². The van der Waals surface area contributed by atoms with Crippen LogP contribution >= 0.6 is 0 Å². The Bertz CT molecular complexity index is 381. The molecule has 1 heterocycles. The van der Waals surface area contributed by atoms with Crippen LogP contribution < -0.4 is 10.2 Å². The largest absolute Gasteiger partial charge is 0.396 e. The van der Waals surface area contributed by atoms with E-state index in [0.717, 1.165) is 49.1 Å². The van der Waals surface area contributed by atoms with Gasteiger partial charge in [-0.2, -0.15) is 0 Å². The van der Waals surface area contributed by atoms with Crippen molar-refractivity contribution >= 4 is 11.6 Å². The zero-order valence-electron chi connectivity index (χ0n) is 11.8. The van der Waals surface area contributed by atoms with E-state index < -0.39 is 0 Å². The number of anilines is 2. The van der Waals surface area contributed by atoms with E-state index in [4.69, 9.17) is 5.11 Å². The first-order chi connectivity index (χ1) is 8.63. The smallest absolute Gasteiger partial charge is 0.137 e. The van der Waals surface area contributed by atoms with Crippen LogP contribution in [0.3, 0.4) is 0 Å². The molecule has 0 atom stereocenters. The number of hydrogen-bond acceptors (Lipinski definition) is 5. The number of aliphatic hydroxyl groups excluding tert-OH is 1. The third-order valence-electron chi connectivity index (χ3n) is 2.84. The summed E-state index contributed by atoms with van der Waals surface area (Å²) in [7, 11) is 0. The monoisotopic (exact) mass is 252 g/mol. The van der Waals surface area contributed by atoms with Gasteiger partial charge >= 0.3 is 0 Å². The molecule has 5 heteroatoms. The molecule has 1 rings (SSSR count). The lowest BCUT2D eigenvalue weighted by Crippen LogP contribution is -2.27. The van der Waals surface area contributed by atoms with E-state index in [1.54, 1.807) is 0 Å². The predicted octanol–water partition coefficient (Wildman–Crippen LogP) is 1.73. The van der Waals surface area contributed by atoms with Gasteiger partial charge in [0, 0.05) is 31.8 Å². The number of nitrogens with one attached hydrogen (secondary N) is 1. The molecule has 2 N–H and O–H groups in total. The minimum atomic E-state index is 0.208. The van der Waals surface area contributed by atoms with Crippen LogP contribution in [0.1, 0.15) is 31.7 Å². The van der Waals surface area contributed by atoms with Gasteiger partial charge in [-0.1, -0.05) is 0 Å². The Balaban J connectivity index is 3.04. The molecule has 0 radical (unpaired) electrons. The summed E-state index contributed by atoms with van der Waals surface area (Å²) in [5.41, 5.74) is 1.07. The fraction of sp³-hybridized carbons (Fsp3) is 0.692. The molecule has 0 fully saturated rings. The second kappa shape index (κ2) is 7.16. The number of aryl methyl sites for hydroxylation is 1. The van der Waals surface area contributed by atoms with Crippen LogP contribution in [0.5, 0.6) is 0 Å². The van der Waals surface area contributed by atoms with E-state index >= 15 is 0 Å². The summed E-state index contributed by atoms with van der Waals surface area (Å²) in [5.74, 6) is 2.64. The first-order valence-corrected chi connectivity index (χ1v) is 6.58. The highest BCUT2D eigenvalue weighted by Gasteiger charge is 2.13. The summed E-state index contributed by atoms with van der Waals surface area (Å²) >= 11 is 0. The molecule has 0 aliphatic carbocycles. The van der Waals surface area contributed by atoms with E-state index in [1.165, 1.54) is 0 Å². The molecular formula is C13H24N4O. The van der Waals surface area contributed by atoms with Crippen LogP contribution in [-0.2, 0) is 0 Å². The molecule has 0 saturated carbocycles. The second-order valence-electron chi connectivity index (χ2n) is 4.26. The third-order valence-corrected chi connectivity index (χ3v) is 2.84. The first kappa shape index (κ1) is 14.7. The summed E-state index contributed by atoms with van der Waals surface area (Å²) < 4.78 is 0. The van der Waals surface area contributed by atoms with Crippen molar-refractivity contribution < 1.29 is 5.11 Å². The van der Waals surface area contributed by atoms with Crippen molar-refractivity contribution in [3.8, 4) is 0 Å². The Morgan fingerprint density at radius 2 is 1.94 bits per heavy atom. The molecule has 0 spiro atoms. The maximum Gasteiger partial charge on any atom is 0.137 e. The van der Waals surface area contributed by atoms with Crippen LogP contribution in [0.25, 0.3) is 0 Å². The molecule has 18 heavy (non-hydrogen) atoms. The third kappa shape index (κ3) is 3.57. The molecule has 0 aromatic carbocycles. The predicted molar refractivity (Wildman–Crippen MR) is 75.3 cm³/mol. The number of nitrogens with zero attached hydrogens (tertiary/aromatic N) is 3. The van der Waals surface area contributed by atoms with Crippen LogP contribution in [0.2, 0.25) is 0 Å². The van der Waals surface area contributed by atoms with Gasteiger partial charge in [-0.3, -0.25) is 0 Å². The Morgan fingerprint density at radius 1 is 1.22 bits per heavy atom. The van der Waals surface area contributed by atoms with Gasteiger partial charge < -0.3 is 15.3 Å². The van der Waals surface area contributed by atoms with Gasteiger partial charge in [0.1, 0.15) is 17.5 Å². The van der Waals surface area contributed by atoms with Gasteiger partial charge in [0.2, 0.25) is 0 Å². The topological polar surface area (TPSA) is 61.3 Å². The lowest BCUT2D eigenvalue weighted by molar-refractivity contribution is 0.289. The lowest BCUT2D eigenvalue weighted by atomic mass is 10.2.